The number of ether oxygens (including phenoxy) is 4. The van der Waals surface area contributed by atoms with Crippen LogP contribution in [-0.2, 0) is 34.6 Å². The lowest BCUT2D eigenvalue weighted by atomic mass is 10.4. The lowest BCUT2D eigenvalue weighted by Gasteiger charge is -2.09. The van der Waals surface area contributed by atoms with Crippen LogP contribution in [0.25, 0.3) is 11.2 Å². The monoisotopic (exact) mass is 537 g/mol. The maximum atomic E-state index is 11.2. The van der Waals surface area contributed by atoms with E-state index in [1.165, 1.54) is 6.33 Å². The average molecular weight is 538 g/mol. The van der Waals surface area contributed by atoms with Gasteiger partial charge in [0.15, 0.2) is 23.8 Å². The Labute approximate surface area is 190 Å². The third-order valence-corrected chi connectivity index (χ3v) is 6.79. The molecule has 2 fully saturated rings. The van der Waals surface area contributed by atoms with Gasteiger partial charge < -0.3 is 29.2 Å². The standard InChI is InChI=1S/C11H15N5O3P.C6H11BrO3P/c1-20(17)4-8-18-3-7(19-8)2-16-6-15-9-10(12)13-5-14-11(9)16;1-11(8)4-6-9-3-5(2-7)10-6/h5-8H,2-4H2,1H3,(H2,12,13,14);5-6H,2-4H2,1H3/q2*+1. The lowest BCUT2D eigenvalue weighted by Crippen LogP contribution is -2.20. The van der Waals surface area contributed by atoms with Crippen molar-refractivity contribution in [3.63, 3.8) is 0 Å². The van der Waals surface area contributed by atoms with Crippen LogP contribution in [0.3, 0.4) is 0 Å². The molecule has 0 aliphatic carbocycles. The number of nitrogens with zero attached hydrogens (tertiary/aromatic N) is 4. The Morgan fingerprint density at radius 3 is 2.26 bits per heavy atom. The van der Waals surface area contributed by atoms with Gasteiger partial charge in [0, 0.05) is 5.33 Å². The summed E-state index contributed by atoms with van der Waals surface area (Å²) in [5.41, 5.74) is 6.99. The van der Waals surface area contributed by atoms with Gasteiger partial charge in [-0.2, -0.15) is 0 Å². The number of hydrogen-bond donors (Lipinski definition) is 1. The molecular weight excluding hydrogens is 512 g/mol. The van der Waals surface area contributed by atoms with Crippen molar-refractivity contribution in [3.8, 4) is 0 Å². The summed E-state index contributed by atoms with van der Waals surface area (Å²) in [7, 11) is -2.42. The first-order valence-electron chi connectivity index (χ1n) is 9.63. The second-order valence-electron chi connectivity index (χ2n) is 7.15. The fourth-order valence-electron chi connectivity index (χ4n) is 3.06. The molecule has 0 bridgehead atoms. The molecule has 0 amide bonds. The fraction of sp³-hybridized carbons (Fsp3) is 0.706. The van der Waals surface area contributed by atoms with Crippen molar-refractivity contribution < 1.29 is 28.1 Å². The predicted octanol–water partition coefficient (Wildman–Crippen LogP) is 2.19. The van der Waals surface area contributed by atoms with Crippen LogP contribution in [0.15, 0.2) is 12.7 Å². The summed E-state index contributed by atoms with van der Waals surface area (Å²) in [6, 6.07) is 0. The first kappa shape index (κ1) is 24.5. The first-order valence-corrected chi connectivity index (χ1v) is 14.5. The highest BCUT2D eigenvalue weighted by atomic mass is 79.9. The van der Waals surface area contributed by atoms with Gasteiger partial charge in [0.25, 0.3) is 0 Å². The number of hydrogen-bond acceptors (Lipinski definition) is 10. The van der Waals surface area contributed by atoms with Crippen molar-refractivity contribution in [2.45, 2.75) is 31.3 Å². The molecule has 2 N–H and O–H groups in total. The predicted molar refractivity (Wildman–Crippen MR) is 120 cm³/mol. The number of rotatable bonds is 7. The normalized spacial score (nSPS) is 26.5. The minimum atomic E-state index is -1.27. The van der Waals surface area contributed by atoms with Crippen molar-refractivity contribution in [1.29, 1.82) is 0 Å². The van der Waals surface area contributed by atoms with Crippen molar-refractivity contribution in [2.24, 2.45) is 0 Å². The molecule has 31 heavy (non-hydrogen) atoms. The Bertz CT molecular complexity index is 918. The van der Waals surface area contributed by atoms with Gasteiger partial charge in [0.05, 0.1) is 32.2 Å². The number of aromatic nitrogens is 4. The van der Waals surface area contributed by atoms with Gasteiger partial charge >= 0.3 is 15.6 Å². The summed E-state index contributed by atoms with van der Waals surface area (Å²) in [4.78, 5) is 12.3. The maximum absolute atomic E-state index is 11.2. The molecule has 4 heterocycles. The Kier molecular flexibility index (Phi) is 9.21. The van der Waals surface area contributed by atoms with Crippen LogP contribution in [-0.4, -0.2) is 88.5 Å². The molecule has 0 aromatic carbocycles. The van der Waals surface area contributed by atoms with Gasteiger partial charge in [-0.25, -0.2) is 15.0 Å². The van der Waals surface area contributed by atoms with E-state index in [1.54, 1.807) is 19.7 Å². The molecule has 2 aliphatic rings. The second-order valence-corrected chi connectivity index (χ2v) is 11.0. The van der Waals surface area contributed by atoms with E-state index in [9.17, 15) is 9.13 Å². The zero-order valence-electron chi connectivity index (χ0n) is 17.3. The van der Waals surface area contributed by atoms with E-state index in [1.807, 2.05) is 4.57 Å². The van der Waals surface area contributed by atoms with E-state index in [2.05, 4.69) is 30.9 Å². The Morgan fingerprint density at radius 2 is 1.68 bits per heavy atom. The topological polar surface area (TPSA) is 141 Å². The first-order chi connectivity index (χ1) is 14.9. The largest absolute Gasteiger partial charge is 0.382 e. The van der Waals surface area contributed by atoms with E-state index in [-0.39, 0.29) is 24.8 Å². The van der Waals surface area contributed by atoms with Crippen LogP contribution in [0, 0.1) is 0 Å². The number of imidazole rings is 1. The summed E-state index contributed by atoms with van der Waals surface area (Å²) in [6.45, 7) is 4.99. The van der Waals surface area contributed by atoms with Crippen LogP contribution >= 0.6 is 31.5 Å². The number of anilines is 1. The number of halogens is 1. The quantitative estimate of drug-likeness (QED) is 0.412. The van der Waals surface area contributed by atoms with Crippen LogP contribution in [0.1, 0.15) is 0 Å². The maximum Gasteiger partial charge on any atom is 0.340 e. The molecule has 11 nitrogen and oxygen atoms in total. The molecule has 2 aromatic heterocycles. The smallest absolute Gasteiger partial charge is 0.340 e. The molecular formula is C17H26BrN5O6P2+2. The van der Waals surface area contributed by atoms with Crippen LogP contribution < -0.4 is 5.73 Å². The number of alkyl halides is 1. The van der Waals surface area contributed by atoms with Crippen LogP contribution in [0.4, 0.5) is 5.82 Å². The third-order valence-electron chi connectivity index (χ3n) is 4.44. The third kappa shape index (κ3) is 7.18. The minimum Gasteiger partial charge on any atom is -0.382 e. The Hall–Kier alpha value is -1.13. The SMILES string of the molecule is C[P+](=O)CC1OCC(CBr)O1.C[P+](=O)CC1OCC(Cn2cnc3c(N)ncnc32)O1. The highest BCUT2D eigenvalue weighted by Gasteiger charge is 2.31. The number of fused-ring (bicyclic) bond motifs is 1. The van der Waals surface area contributed by atoms with Crippen molar-refractivity contribution in [2.75, 3.05) is 49.9 Å². The minimum absolute atomic E-state index is 0.108. The van der Waals surface area contributed by atoms with E-state index in [0.717, 1.165) is 5.33 Å². The van der Waals surface area contributed by atoms with Crippen LogP contribution in [0.2, 0.25) is 0 Å². The molecule has 0 saturated carbocycles. The highest BCUT2D eigenvalue weighted by Crippen LogP contribution is 2.24. The summed E-state index contributed by atoms with van der Waals surface area (Å²) >= 11 is 3.29. The van der Waals surface area contributed by atoms with E-state index < -0.39 is 15.6 Å². The zero-order valence-corrected chi connectivity index (χ0v) is 20.7. The molecule has 14 heteroatoms. The van der Waals surface area contributed by atoms with E-state index in [0.29, 0.717) is 49.1 Å². The molecule has 6 atom stereocenters. The molecule has 2 saturated heterocycles. The molecule has 2 aliphatic heterocycles. The Balaban J connectivity index is 0.000000210. The molecule has 0 spiro atoms. The van der Waals surface area contributed by atoms with Gasteiger partial charge in [-0.1, -0.05) is 25.1 Å². The van der Waals surface area contributed by atoms with Crippen LogP contribution in [0.5, 0.6) is 0 Å². The van der Waals surface area contributed by atoms with Gasteiger partial charge in [-0.3, -0.25) is 0 Å². The van der Waals surface area contributed by atoms with Gasteiger partial charge in [0.2, 0.25) is 12.6 Å². The van der Waals surface area contributed by atoms with Gasteiger partial charge in [0.1, 0.15) is 31.3 Å². The number of nitrogen functional groups attached to an aromatic ring is 1. The molecule has 0 radical (unpaired) electrons. The summed E-state index contributed by atoms with van der Waals surface area (Å²) in [6.07, 6.45) is 3.40. The van der Waals surface area contributed by atoms with E-state index in [4.69, 9.17) is 24.7 Å². The lowest BCUT2D eigenvalue weighted by molar-refractivity contribution is -0.0415. The molecule has 4 rings (SSSR count). The second kappa shape index (κ2) is 11.7. The molecule has 2 aromatic rings. The summed E-state index contributed by atoms with van der Waals surface area (Å²) in [5.74, 6) is 0.359. The molecule has 170 valence electrons. The summed E-state index contributed by atoms with van der Waals surface area (Å²) < 4.78 is 45.6. The average Bonchev–Trinajstić information content (AvgIpc) is 3.43. The molecule has 6 unspecified atom stereocenters. The van der Waals surface area contributed by atoms with Gasteiger partial charge in [-0.05, 0) is 0 Å². The Morgan fingerprint density at radius 1 is 1.06 bits per heavy atom. The summed E-state index contributed by atoms with van der Waals surface area (Å²) in [5, 5.41) is 0.782. The van der Waals surface area contributed by atoms with Crippen molar-refractivity contribution in [3.05, 3.63) is 12.7 Å². The van der Waals surface area contributed by atoms with Crippen molar-refractivity contribution >= 4 is 48.5 Å². The fourth-order valence-corrected chi connectivity index (χ4v) is 4.62. The van der Waals surface area contributed by atoms with E-state index >= 15 is 0 Å². The van der Waals surface area contributed by atoms with Crippen molar-refractivity contribution in [1.82, 2.24) is 19.5 Å². The van der Waals surface area contributed by atoms with Gasteiger partial charge in [-0.15, -0.1) is 0 Å². The highest BCUT2D eigenvalue weighted by molar-refractivity contribution is 9.09. The zero-order chi connectivity index (χ0) is 22.4. The number of nitrogens with two attached hydrogens (primary N) is 1.